The lowest BCUT2D eigenvalue weighted by Gasteiger charge is -2.18. The summed E-state index contributed by atoms with van der Waals surface area (Å²) in [5.41, 5.74) is 0. The van der Waals surface area contributed by atoms with Gasteiger partial charge >= 0.3 is 17.9 Å². The van der Waals surface area contributed by atoms with Crippen LogP contribution in [0.5, 0.6) is 0 Å². The van der Waals surface area contributed by atoms with Crippen molar-refractivity contribution in [3.8, 4) is 0 Å². The van der Waals surface area contributed by atoms with Gasteiger partial charge in [0.15, 0.2) is 6.10 Å². The lowest BCUT2D eigenvalue weighted by atomic mass is 10.1. The maximum absolute atomic E-state index is 12.9. The third kappa shape index (κ3) is 59.3. The van der Waals surface area contributed by atoms with E-state index >= 15 is 0 Å². The van der Waals surface area contributed by atoms with Crippen LogP contribution in [0.25, 0.3) is 0 Å². The molecule has 0 aliphatic rings. The van der Waals surface area contributed by atoms with Crippen molar-refractivity contribution in [2.24, 2.45) is 0 Å². The molecule has 73 heavy (non-hydrogen) atoms. The van der Waals surface area contributed by atoms with Crippen LogP contribution in [0.3, 0.4) is 0 Å². The van der Waals surface area contributed by atoms with E-state index in [0.717, 1.165) is 70.6 Å². The lowest BCUT2D eigenvalue weighted by molar-refractivity contribution is -0.167. The highest BCUT2D eigenvalue weighted by atomic mass is 16.6. The number of carbonyl (C=O) groups excluding carboxylic acids is 3. The fraction of sp³-hybridized carbons (Fsp3) is 0.746. The van der Waals surface area contributed by atoms with Crippen molar-refractivity contribution >= 4 is 17.9 Å². The Balaban J connectivity index is 4.45. The van der Waals surface area contributed by atoms with E-state index in [-0.39, 0.29) is 37.5 Å². The highest BCUT2D eigenvalue weighted by molar-refractivity contribution is 5.71. The minimum absolute atomic E-state index is 0.0954. The molecule has 0 aromatic rings. The van der Waals surface area contributed by atoms with E-state index in [1.807, 2.05) is 0 Å². The van der Waals surface area contributed by atoms with E-state index < -0.39 is 6.10 Å². The summed E-state index contributed by atoms with van der Waals surface area (Å²) in [6, 6.07) is 0. The molecule has 0 N–H and O–H groups in total. The van der Waals surface area contributed by atoms with Crippen LogP contribution >= 0.6 is 0 Å². The van der Waals surface area contributed by atoms with Gasteiger partial charge in [-0.1, -0.05) is 254 Å². The molecule has 0 unspecified atom stereocenters. The predicted molar refractivity (Wildman–Crippen MR) is 316 cm³/mol. The van der Waals surface area contributed by atoms with E-state index in [1.165, 1.54) is 186 Å². The molecule has 6 nitrogen and oxygen atoms in total. The van der Waals surface area contributed by atoms with Gasteiger partial charge in [-0.25, -0.2) is 0 Å². The lowest BCUT2D eigenvalue weighted by Crippen LogP contribution is -2.30. The molecule has 0 saturated heterocycles. The summed E-state index contributed by atoms with van der Waals surface area (Å²) >= 11 is 0. The highest BCUT2D eigenvalue weighted by Crippen LogP contribution is 2.15. The van der Waals surface area contributed by atoms with Gasteiger partial charge in [-0.3, -0.25) is 14.4 Å². The molecule has 6 heteroatoms. The molecule has 0 aliphatic carbocycles. The fourth-order valence-corrected chi connectivity index (χ4v) is 8.64. The van der Waals surface area contributed by atoms with Crippen LogP contribution in [0, 0.1) is 0 Å². The van der Waals surface area contributed by atoms with Crippen LogP contribution < -0.4 is 0 Å². The molecule has 0 amide bonds. The Labute approximate surface area is 452 Å². The highest BCUT2D eigenvalue weighted by Gasteiger charge is 2.19. The zero-order valence-electron chi connectivity index (χ0n) is 48.1. The molecule has 0 radical (unpaired) electrons. The summed E-state index contributed by atoms with van der Waals surface area (Å²) in [6.45, 7) is 6.56. The molecule has 420 valence electrons. The fourth-order valence-electron chi connectivity index (χ4n) is 8.64. The summed E-state index contributed by atoms with van der Waals surface area (Å²) in [7, 11) is 0. The average Bonchev–Trinajstić information content (AvgIpc) is 3.39. The minimum Gasteiger partial charge on any atom is -0.462 e. The Kier molecular flexibility index (Phi) is 58.3. The number of hydrogen-bond acceptors (Lipinski definition) is 6. The second-order valence-corrected chi connectivity index (χ2v) is 20.6. The van der Waals surface area contributed by atoms with E-state index in [0.29, 0.717) is 19.3 Å². The van der Waals surface area contributed by atoms with E-state index in [1.54, 1.807) is 0 Å². The molecule has 0 rings (SSSR count). The summed E-state index contributed by atoms with van der Waals surface area (Å²) in [5, 5.41) is 0. The molecular weight excluding hydrogens is 901 g/mol. The molecule has 0 spiro atoms. The Morgan fingerprint density at radius 3 is 0.849 bits per heavy atom. The predicted octanol–water partition coefficient (Wildman–Crippen LogP) is 21.1. The standard InChI is InChI=1S/C67H116O6/c1-4-7-10-13-16-19-22-25-28-31-33-36-39-42-45-48-51-54-57-60-66(69)72-63-64(62-71-65(68)59-56-53-50-47-44-41-38-35-30-27-24-21-18-15-12-9-6-3)73-67(70)61-58-55-52-49-46-43-40-37-34-32-29-26-23-20-17-14-11-8-5-2/h16-17,19-20,25-30,38,41,47,50,64H,4-15,18,21-24,31-37,39-40,42-46,48-49,51-63H2,1-3H3/b19-16-,20-17-,28-25-,29-26-,30-27-,41-38-,50-47-/t64-/m0/s1. The van der Waals surface area contributed by atoms with Gasteiger partial charge < -0.3 is 14.2 Å². The Bertz CT molecular complexity index is 1400. The molecule has 0 aliphatic heterocycles. The van der Waals surface area contributed by atoms with Gasteiger partial charge in [0.05, 0.1) is 0 Å². The normalized spacial score (nSPS) is 12.6. The largest absolute Gasteiger partial charge is 0.462 e. The SMILES string of the molecule is CCCCC/C=C\C/C=C\CCCCCCCCCCCC(=O)OC[C@H](COC(=O)CCC/C=C\C/C=C\C/C=C\CCCCCCCC)OC(=O)CCCCCCCCCCC/C=C\C/C=C\CCCCC. The number of unbranched alkanes of at least 4 members (excludes halogenated alkanes) is 31. The second-order valence-electron chi connectivity index (χ2n) is 20.6. The van der Waals surface area contributed by atoms with Gasteiger partial charge in [0, 0.05) is 19.3 Å². The van der Waals surface area contributed by atoms with Crippen molar-refractivity contribution in [3.05, 3.63) is 85.1 Å². The van der Waals surface area contributed by atoms with Gasteiger partial charge in [0.2, 0.25) is 0 Å². The number of ether oxygens (including phenoxy) is 3. The number of esters is 3. The minimum atomic E-state index is -0.802. The van der Waals surface area contributed by atoms with E-state index in [4.69, 9.17) is 14.2 Å². The van der Waals surface area contributed by atoms with Gasteiger partial charge in [0.1, 0.15) is 13.2 Å². The molecule has 0 aromatic heterocycles. The first kappa shape index (κ1) is 69.6. The van der Waals surface area contributed by atoms with Crippen LogP contribution in [0.15, 0.2) is 85.1 Å². The van der Waals surface area contributed by atoms with Gasteiger partial charge in [-0.05, 0) is 116 Å². The number of carbonyl (C=O) groups is 3. The third-order valence-electron chi connectivity index (χ3n) is 13.3. The zero-order chi connectivity index (χ0) is 52.9. The van der Waals surface area contributed by atoms with Crippen LogP contribution in [-0.2, 0) is 28.6 Å². The number of rotatable bonds is 56. The Morgan fingerprint density at radius 1 is 0.274 bits per heavy atom. The first-order valence-corrected chi connectivity index (χ1v) is 31.1. The Hall–Kier alpha value is -3.41. The van der Waals surface area contributed by atoms with Gasteiger partial charge in [0.25, 0.3) is 0 Å². The van der Waals surface area contributed by atoms with E-state index in [2.05, 4.69) is 106 Å². The first-order chi connectivity index (χ1) is 36.0. The molecular formula is C67H116O6. The molecule has 0 heterocycles. The zero-order valence-corrected chi connectivity index (χ0v) is 48.1. The number of allylic oxidation sites excluding steroid dienone is 14. The van der Waals surface area contributed by atoms with Crippen molar-refractivity contribution in [1.29, 1.82) is 0 Å². The van der Waals surface area contributed by atoms with Crippen molar-refractivity contribution < 1.29 is 28.6 Å². The topological polar surface area (TPSA) is 78.9 Å². The molecule has 0 fully saturated rings. The molecule has 0 saturated carbocycles. The van der Waals surface area contributed by atoms with Crippen molar-refractivity contribution in [3.63, 3.8) is 0 Å². The second kappa shape index (κ2) is 61.1. The van der Waals surface area contributed by atoms with Crippen molar-refractivity contribution in [1.82, 2.24) is 0 Å². The summed E-state index contributed by atoms with van der Waals surface area (Å²) in [6.07, 6.45) is 80.1. The van der Waals surface area contributed by atoms with Crippen LogP contribution in [0.2, 0.25) is 0 Å². The molecule has 0 aromatic carbocycles. The quantitative estimate of drug-likeness (QED) is 0.0261. The monoisotopic (exact) mass is 1020 g/mol. The van der Waals surface area contributed by atoms with E-state index in [9.17, 15) is 14.4 Å². The van der Waals surface area contributed by atoms with Crippen LogP contribution in [0.1, 0.15) is 303 Å². The Morgan fingerprint density at radius 2 is 0.507 bits per heavy atom. The maximum Gasteiger partial charge on any atom is 0.306 e. The average molecular weight is 1020 g/mol. The van der Waals surface area contributed by atoms with Gasteiger partial charge in [-0.15, -0.1) is 0 Å². The van der Waals surface area contributed by atoms with Crippen molar-refractivity contribution in [2.45, 2.75) is 309 Å². The van der Waals surface area contributed by atoms with Crippen LogP contribution in [0.4, 0.5) is 0 Å². The third-order valence-corrected chi connectivity index (χ3v) is 13.3. The summed E-state index contributed by atoms with van der Waals surface area (Å²) in [4.78, 5) is 38.3. The smallest absolute Gasteiger partial charge is 0.306 e. The summed E-state index contributed by atoms with van der Waals surface area (Å²) in [5.74, 6) is -0.948. The van der Waals surface area contributed by atoms with Gasteiger partial charge in [-0.2, -0.15) is 0 Å². The molecule has 0 bridgehead atoms. The van der Waals surface area contributed by atoms with Crippen LogP contribution in [-0.4, -0.2) is 37.2 Å². The maximum atomic E-state index is 12.9. The van der Waals surface area contributed by atoms with Crippen molar-refractivity contribution in [2.75, 3.05) is 13.2 Å². The molecule has 1 atom stereocenters. The summed E-state index contributed by atoms with van der Waals surface area (Å²) < 4.78 is 16.9. The first-order valence-electron chi connectivity index (χ1n) is 31.1. The number of hydrogen-bond donors (Lipinski definition) is 0.